The van der Waals surface area contributed by atoms with Crippen molar-refractivity contribution in [2.75, 3.05) is 6.61 Å². The van der Waals surface area contributed by atoms with Gasteiger partial charge in [0.1, 0.15) is 6.10 Å². The first-order chi connectivity index (χ1) is 9.35. The largest absolute Gasteiger partial charge is 0.464 e. The third-order valence-corrected chi connectivity index (χ3v) is 3.56. The normalized spacial score (nSPS) is 24.6. The molecule has 0 amide bonds. The van der Waals surface area contributed by atoms with E-state index in [1.165, 1.54) is 0 Å². The van der Waals surface area contributed by atoms with Crippen LogP contribution < -0.4 is 0 Å². The van der Waals surface area contributed by atoms with Crippen LogP contribution in [0, 0.1) is 0 Å². The van der Waals surface area contributed by atoms with Crippen LogP contribution in [0.15, 0.2) is 18.2 Å². The van der Waals surface area contributed by atoms with Crippen molar-refractivity contribution in [3.63, 3.8) is 0 Å². The zero-order valence-electron chi connectivity index (χ0n) is 11.5. The number of hydrogen-bond acceptors (Lipinski definition) is 4. The molecule has 1 heterocycles. The van der Waals surface area contributed by atoms with Crippen molar-refractivity contribution >= 4 is 29.2 Å². The summed E-state index contributed by atoms with van der Waals surface area (Å²) < 4.78 is 16.4. The molecule has 1 aliphatic heterocycles. The van der Waals surface area contributed by atoms with Gasteiger partial charge >= 0.3 is 5.97 Å². The standard InChI is InChI=1S/C14H16Cl2O4/c1-4-18-13(17)12-11(19-14(2,3)20-12)10-8(15)6-5-7-9(10)16/h5-7,11-12H,4H2,1-3H3/t11-,12-/m1/s1. The minimum absolute atomic E-state index is 0.266. The molecule has 0 unspecified atom stereocenters. The third kappa shape index (κ3) is 3.09. The molecule has 0 aliphatic carbocycles. The van der Waals surface area contributed by atoms with Gasteiger partial charge in [-0.3, -0.25) is 0 Å². The molecular weight excluding hydrogens is 303 g/mol. The van der Waals surface area contributed by atoms with E-state index in [0.29, 0.717) is 15.6 Å². The Labute approximate surface area is 127 Å². The van der Waals surface area contributed by atoms with Crippen LogP contribution in [0.1, 0.15) is 32.4 Å². The summed E-state index contributed by atoms with van der Waals surface area (Å²) in [7, 11) is 0. The molecule has 2 atom stereocenters. The Morgan fingerprint density at radius 2 is 1.90 bits per heavy atom. The highest BCUT2D eigenvalue weighted by atomic mass is 35.5. The van der Waals surface area contributed by atoms with Gasteiger partial charge in [0.25, 0.3) is 0 Å². The lowest BCUT2D eigenvalue weighted by Gasteiger charge is -2.18. The van der Waals surface area contributed by atoms with Gasteiger partial charge in [-0.1, -0.05) is 29.3 Å². The minimum atomic E-state index is -0.912. The van der Waals surface area contributed by atoms with Gasteiger partial charge in [-0.2, -0.15) is 0 Å². The highest BCUT2D eigenvalue weighted by Crippen LogP contribution is 2.43. The average Bonchev–Trinajstić information content (AvgIpc) is 2.65. The van der Waals surface area contributed by atoms with E-state index >= 15 is 0 Å². The first kappa shape index (κ1) is 15.6. The second kappa shape index (κ2) is 5.90. The average molecular weight is 319 g/mol. The van der Waals surface area contributed by atoms with Crippen LogP contribution in [0.2, 0.25) is 10.0 Å². The lowest BCUT2D eigenvalue weighted by molar-refractivity contribution is -0.170. The maximum absolute atomic E-state index is 12.0. The van der Waals surface area contributed by atoms with Gasteiger partial charge in [0.2, 0.25) is 0 Å². The van der Waals surface area contributed by atoms with Crippen LogP contribution in [-0.2, 0) is 19.0 Å². The summed E-state index contributed by atoms with van der Waals surface area (Å²) >= 11 is 12.4. The summed E-state index contributed by atoms with van der Waals surface area (Å²) in [5.41, 5.74) is 0.541. The van der Waals surface area contributed by atoms with Crippen LogP contribution in [0.25, 0.3) is 0 Å². The van der Waals surface area contributed by atoms with Crippen LogP contribution in [0.5, 0.6) is 0 Å². The topological polar surface area (TPSA) is 44.8 Å². The van der Waals surface area contributed by atoms with Crippen LogP contribution in [-0.4, -0.2) is 24.5 Å². The number of halogens is 2. The molecule has 110 valence electrons. The van der Waals surface area contributed by atoms with E-state index in [9.17, 15) is 4.79 Å². The van der Waals surface area contributed by atoms with Crippen molar-refractivity contribution in [1.29, 1.82) is 0 Å². The molecule has 1 aromatic rings. The molecule has 0 saturated carbocycles. The van der Waals surface area contributed by atoms with Gasteiger partial charge in [-0.15, -0.1) is 0 Å². The number of benzene rings is 1. The van der Waals surface area contributed by atoms with E-state index < -0.39 is 24.0 Å². The van der Waals surface area contributed by atoms with E-state index in [-0.39, 0.29) is 6.61 Å². The zero-order chi connectivity index (χ0) is 14.9. The predicted molar refractivity (Wildman–Crippen MR) is 75.9 cm³/mol. The summed E-state index contributed by atoms with van der Waals surface area (Å²) in [4.78, 5) is 12.0. The number of ether oxygens (including phenoxy) is 3. The van der Waals surface area contributed by atoms with Crippen LogP contribution in [0.3, 0.4) is 0 Å². The van der Waals surface area contributed by atoms with Gasteiger partial charge in [0, 0.05) is 15.6 Å². The Kier molecular flexibility index (Phi) is 4.59. The fourth-order valence-corrected chi connectivity index (χ4v) is 2.76. The quantitative estimate of drug-likeness (QED) is 0.796. The molecule has 0 bridgehead atoms. The molecule has 1 aliphatic rings. The summed E-state index contributed by atoms with van der Waals surface area (Å²) in [5, 5.41) is 0.858. The zero-order valence-corrected chi connectivity index (χ0v) is 13.0. The van der Waals surface area contributed by atoms with Crippen LogP contribution >= 0.6 is 23.2 Å². The SMILES string of the molecule is CCOC(=O)[C@@H]1OC(C)(C)O[C@@H]1c1c(Cl)cccc1Cl. The Morgan fingerprint density at radius 1 is 1.30 bits per heavy atom. The molecule has 0 N–H and O–H groups in total. The van der Waals surface area contributed by atoms with Gasteiger partial charge < -0.3 is 14.2 Å². The number of hydrogen-bond donors (Lipinski definition) is 0. The van der Waals surface area contributed by atoms with Gasteiger partial charge in [-0.05, 0) is 32.9 Å². The van der Waals surface area contributed by atoms with Gasteiger partial charge in [0.15, 0.2) is 11.9 Å². The van der Waals surface area contributed by atoms with Crippen molar-refractivity contribution in [3.05, 3.63) is 33.8 Å². The minimum Gasteiger partial charge on any atom is -0.464 e. The summed E-state index contributed by atoms with van der Waals surface area (Å²) in [6.07, 6.45) is -1.58. The lowest BCUT2D eigenvalue weighted by atomic mass is 10.0. The molecule has 4 nitrogen and oxygen atoms in total. The smallest absolute Gasteiger partial charge is 0.338 e. The summed E-state index contributed by atoms with van der Waals surface area (Å²) in [6.45, 7) is 5.45. The molecule has 6 heteroatoms. The maximum Gasteiger partial charge on any atom is 0.338 e. The van der Waals surface area contributed by atoms with Gasteiger partial charge in [0.05, 0.1) is 6.61 Å². The molecule has 20 heavy (non-hydrogen) atoms. The highest BCUT2D eigenvalue weighted by molar-refractivity contribution is 6.36. The Bertz CT molecular complexity index is 496. The van der Waals surface area contributed by atoms with E-state index in [1.54, 1.807) is 39.0 Å². The maximum atomic E-state index is 12.0. The fourth-order valence-electron chi connectivity index (χ4n) is 2.15. The Balaban J connectivity index is 2.39. The molecule has 0 radical (unpaired) electrons. The molecule has 0 aromatic heterocycles. The number of carbonyl (C=O) groups is 1. The molecular formula is C14H16Cl2O4. The predicted octanol–water partition coefficient (Wildman–Crippen LogP) is 3.75. The first-order valence-corrected chi connectivity index (χ1v) is 7.07. The molecule has 1 aromatic carbocycles. The van der Waals surface area contributed by atoms with Crippen molar-refractivity contribution in [3.8, 4) is 0 Å². The van der Waals surface area contributed by atoms with E-state index in [1.807, 2.05) is 0 Å². The van der Waals surface area contributed by atoms with Crippen molar-refractivity contribution in [2.24, 2.45) is 0 Å². The fraction of sp³-hybridized carbons (Fsp3) is 0.500. The second-order valence-corrected chi connectivity index (χ2v) is 5.68. The summed E-state index contributed by atoms with van der Waals surface area (Å²) in [6, 6.07) is 5.12. The molecule has 2 rings (SSSR count). The highest BCUT2D eigenvalue weighted by Gasteiger charge is 2.48. The van der Waals surface area contributed by atoms with Crippen LogP contribution in [0.4, 0.5) is 0 Å². The Morgan fingerprint density at radius 3 is 2.45 bits per heavy atom. The molecule has 1 fully saturated rings. The third-order valence-electron chi connectivity index (χ3n) is 2.90. The number of carbonyl (C=O) groups excluding carboxylic acids is 1. The molecule has 0 spiro atoms. The van der Waals surface area contributed by atoms with Gasteiger partial charge in [-0.25, -0.2) is 4.79 Å². The summed E-state index contributed by atoms with van der Waals surface area (Å²) in [5.74, 6) is -1.40. The second-order valence-electron chi connectivity index (χ2n) is 4.86. The Hall–Kier alpha value is -0.810. The number of rotatable bonds is 3. The van der Waals surface area contributed by atoms with Crippen molar-refractivity contribution < 1.29 is 19.0 Å². The first-order valence-electron chi connectivity index (χ1n) is 6.32. The number of esters is 1. The van der Waals surface area contributed by atoms with Crippen molar-refractivity contribution in [2.45, 2.75) is 38.8 Å². The molecule has 1 saturated heterocycles. The van der Waals surface area contributed by atoms with E-state index in [2.05, 4.69) is 0 Å². The monoisotopic (exact) mass is 318 g/mol. The van der Waals surface area contributed by atoms with Crippen molar-refractivity contribution in [1.82, 2.24) is 0 Å². The van der Waals surface area contributed by atoms with E-state index in [4.69, 9.17) is 37.4 Å². The lowest BCUT2D eigenvalue weighted by Crippen LogP contribution is -2.30. The van der Waals surface area contributed by atoms with E-state index in [0.717, 1.165) is 0 Å².